The van der Waals surface area contributed by atoms with Crippen LogP contribution in [0.25, 0.3) is 5.57 Å². The molecule has 27 heavy (non-hydrogen) atoms. The molecule has 0 aliphatic carbocycles. The van der Waals surface area contributed by atoms with Crippen LogP contribution >= 0.6 is 0 Å². The number of ketones is 1. The summed E-state index contributed by atoms with van der Waals surface area (Å²) in [5.74, 6) is -1.15. The molecule has 140 valence electrons. The van der Waals surface area contributed by atoms with Gasteiger partial charge in [-0.15, -0.1) is 0 Å². The van der Waals surface area contributed by atoms with Gasteiger partial charge in [-0.25, -0.2) is 4.79 Å². The van der Waals surface area contributed by atoms with Crippen molar-refractivity contribution in [2.24, 2.45) is 0 Å². The molecule has 0 radical (unpaired) electrons. The minimum atomic E-state index is -1.06. The van der Waals surface area contributed by atoms with Crippen LogP contribution in [0.5, 0.6) is 11.5 Å². The molecular formula is C20H19NO6. The number of nitrogens with one attached hydrogen (secondary N) is 1. The van der Waals surface area contributed by atoms with Crippen molar-refractivity contribution in [3.05, 3.63) is 65.9 Å². The Hall–Kier alpha value is -3.61. The van der Waals surface area contributed by atoms with Crippen molar-refractivity contribution in [1.82, 2.24) is 5.32 Å². The standard InChI is InChI=1S/C20H19NO6/c1-25-15-8-4-13(5-9-15)17(12-21-19(23)20(24)27-3)18(22)14-6-10-16(26-2)11-7-14/h4-12H,1-3H3,(H,21,23)/b17-12+. The summed E-state index contributed by atoms with van der Waals surface area (Å²) in [6.45, 7) is 0. The molecule has 0 saturated heterocycles. The van der Waals surface area contributed by atoms with Gasteiger partial charge in [0.05, 0.1) is 21.3 Å². The van der Waals surface area contributed by atoms with Crippen LogP contribution in [0.2, 0.25) is 0 Å². The zero-order valence-electron chi connectivity index (χ0n) is 15.1. The highest BCUT2D eigenvalue weighted by atomic mass is 16.5. The van der Waals surface area contributed by atoms with Gasteiger partial charge in [0.1, 0.15) is 11.5 Å². The van der Waals surface area contributed by atoms with E-state index in [1.165, 1.54) is 20.4 Å². The molecule has 0 unspecified atom stereocenters. The molecule has 0 bridgehead atoms. The smallest absolute Gasteiger partial charge is 0.396 e. The quantitative estimate of drug-likeness (QED) is 0.363. The number of hydrogen-bond donors (Lipinski definition) is 1. The first-order valence-corrected chi connectivity index (χ1v) is 7.92. The zero-order valence-corrected chi connectivity index (χ0v) is 15.1. The number of allylic oxidation sites excluding steroid dienone is 1. The van der Waals surface area contributed by atoms with Gasteiger partial charge in [-0.2, -0.15) is 0 Å². The van der Waals surface area contributed by atoms with E-state index in [0.717, 1.165) is 7.11 Å². The Balaban J connectivity index is 2.38. The summed E-state index contributed by atoms with van der Waals surface area (Å²) in [6.07, 6.45) is 1.19. The van der Waals surface area contributed by atoms with E-state index in [1.807, 2.05) is 0 Å². The number of hydrogen-bond acceptors (Lipinski definition) is 6. The van der Waals surface area contributed by atoms with E-state index in [0.29, 0.717) is 22.6 Å². The summed E-state index contributed by atoms with van der Waals surface area (Å²) in [5.41, 5.74) is 1.13. The second-order valence-corrected chi connectivity index (χ2v) is 5.31. The third-order valence-corrected chi connectivity index (χ3v) is 3.72. The molecule has 2 aromatic carbocycles. The number of Topliss-reactive ketones (excluding diaryl/α,β-unsaturated/α-hetero) is 1. The largest absolute Gasteiger partial charge is 0.497 e. The molecule has 7 heteroatoms. The van der Waals surface area contributed by atoms with E-state index in [9.17, 15) is 14.4 Å². The molecule has 0 aromatic heterocycles. The van der Waals surface area contributed by atoms with E-state index in [-0.39, 0.29) is 11.4 Å². The van der Waals surface area contributed by atoms with Gasteiger partial charge in [-0.1, -0.05) is 12.1 Å². The number of carbonyl (C=O) groups is 3. The van der Waals surface area contributed by atoms with Crippen LogP contribution in [-0.4, -0.2) is 39.0 Å². The van der Waals surface area contributed by atoms with Crippen molar-refractivity contribution in [2.45, 2.75) is 0 Å². The molecule has 1 N–H and O–H groups in total. The highest BCUT2D eigenvalue weighted by Gasteiger charge is 2.17. The van der Waals surface area contributed by atoms with Crippen molar-refractivity contribution in [3.63, 3.8) is 0 Å². The summed E-state index contributed by atoms with van der Waals surface area (Å²) in [5, 5.41) is 2.28. The second kappa shape index (κ2) is 9.19. The molecule has 0 heterocycles. The van der Waals surface area contributed by atoms with Gasteiger partial charge in [0.15, 0.2) is 5.78 Å². The summed E-state index contributed by atoms with van der Waals surface area (Å²) in [7, 11) is 4.16. The summed E-state index contributed by atoms with van der Waals surface area (Å²) in [4.78, 5) is 35.9. The predicted octanol–water partition coefficient (Wildman–Crippen LogP) is 2.22. The van der Waals surface area contributed by atoms with Crippen LogP contribution < -0.4 is 14.8 Å². The summed E-state index contributed by atoms with van der Waals surface area (Å²) >= 11 is 0. The minimum Gasteiger partial charge on any atom is -0.497 e. The van der Waals surface area contributed by atoms with Crippen LogP contribution in [0.15, 0.2) is 54.7 Å². The van der Waals surface area contributed by atoms with Gasteiger partial charge in [0, 0.05) is 17.3 Å². The van der Waals surface area contributed by atoms with Crippen molar-refractivity contribution in [1.29, 1.82) is 0 Å². The highest BCUT2D eigenvalue weighted by molar-refractivity contribution is 6.34. The van der Waals surface area contributed by atoms with Crippen molar-refractivity contribution >= 4 is 23.2 Å². The highest BCUT2D eigenvalue weighted by Crippen LogP contribution is 2.23. The molecule has 1 amide bonds. The van der Waals surface area contributed by atoms with Crippen LogP contribution in [0.3, 0.4) is 0 Å². The van der Waals surface area contributed by atoms with E-state index < -0.39 is 11.9 Å². The lowest BCUT2D eigenvalue weighted by molar-refractivity contribution is -0.152. The number of ether oxygens (including phenoxy) is 3. The number of rotatable bonds is 6. The summed E-state index contributed by atoms with van der Waals surface area (Å²) in [6, 6.07) is 13.3. The van der Waals surface area contributed by atoms with Crippen molar-refractivity contribution in [3.8, 4) is 11.5 Å². The molecule has 0 fully saturated rings. The molecule has 7 nitrogen and oxygen atoms in total. The maximum atomic E-state index is 12.9. The molecule has 0 aliphatic rings. The number of methoxy groups -OCH3 is 3. The van der Waals surface area contributed by atoms with Crippen molar-refractivity contribution < 1.29 is 28.6 Å². The van der Waals surface area contributed by atoms with Crippen LogP contribution in [-0.2, 0) is 14.3 Å². The van der Waals surface area contributed by atoms with Crippen LogP contribution in [0.1, 0.15) is 15.9 Å². The number of amides is 1. The number of carbonyl (C=O) groups excluding carboxylic acids is 3. The van der Waals surface area contributed by atoms with Gasteiger partial charge in [-0.3, -0.25) is 9.59 Å². The van der Waals surface area contributed by atoms with Gasteiger partial charge >= 0.3 is 11.9 Å². The molecule has 0 spiro atoms. The average Bonchev–Trinajstić information content (AvgIpc) is 2.73. The fourth-order valence-corrected chi connectivity index (χ4v) is 2.24. The maximum absolute atomic E-state index is 12.9. The second-order valence-electron chi connectivity index (χ2n) is 5.31. The van der Waals surface area contributed by atoms with Crippen molar-refractivity contribution in [2.75, 3.05) is 21.3 Å². The first-order chi connectivity index (χ1) is 13.0. The first-order valence-electron chi connectivity index (χ1n) is 7.92. The van der Waals surface area contributed by atoms with E-state index in [2.05, 4.69) is 10.1 Å². The van der Waals surface area contributed by atoms with Gasteiger partial charge < -0.3 is 19.5 Å². The Morgan fingerprint density at radius 1 is 0.778 bits per heavy atom. The molecule has 2 aromatic rings. The Kier molecular flexibility index (Phi) is 6.71. The molecule has 0 atom stereocenters. The van der Waals surface area contributed by atoms with E-state index in [4.69, 9.17) is 9.47 Å². The lowest BCUT2D eigenvalue weighted by Gasteiger charge is -2.10. The Labute approximate surface area is 156 Å². The molecule has 0 aliphatic heterocycles. The van der Waals surface area contributed by atoms with E-state index in [1.54, 1.807) is 48.5 Å². The third kappa shape index (κ3) is 4.94. The predicted molar refractivity (Wildman–Crippen MR) is 98.5 cm³/mol. The first kappa shape index (κ1) is 19.7. The molecular weight excluding hydrogens is 350 g/mol. The molecule has 0 saturated carbocycles. The number of esters is 1. The topological polar surface area (TPSA) is 90.9 Å². The van der Waals surface area contributed by atoms with Gasteiger partial charge in [0.25, 0.3) is 0 Å². The third-order valence-electron chi connectivity index (χ3n) is 3.72. The fourth-order valence-electron chi connectivity index (χ4n) is 2.24. The zero-order chi connectivity index (χ0) is 19.8. The SMILES string of the molecule is COC(=O)C(=O)N/C=C(/C(=O)c1ccc(OC)cc1)c1ccc(OC)cc1. The maximum Gasteiger partial charge on any atom is 0.396 e. The van der Waals surface area contributed by atoms with Gasteiger partial charge in [0.2, 0.25) is 0 Å². The Bertz CT molecular complexity index is 853. The lowest BCUT2D eigenvalue weighted by Crippen LogP contribution is -2.28. The van der Waals surface area contributed by atoms with Gasteiger partial charge in [-0.05, 0) is 42.0 Å². The van der Waals surface area contributed by atoms with Crippen LogP contribution in [0.4, 0.5) is 0 Å². The summed E-state index contributed by atoms with van der Waals surface area (Å²) < 4.78 is 14.6. The normalized spacial score (nSPS) is 10.7. The fraction of sp³-hybridized carbons (Fsp3) is 0.150. The Morgan fingerprint density at radius 3 is 1.70 bits per heavy atom. The molecule has 2 rings (SSSR count). The number of benzene rings is 2. The van der Waals surface area contributed by atoms with Crippen LogP contribution in [0, 0.1) is 0 Å². The minimum absolute atomic E-state index is 0.195. The Morgan fingerprint density at radius 2 is 1.26 bits per heavy atom. The lowest BCUT2D eigenvalue weighted by atomic mass is 9.97. The average molecular weight is 369 g/mol. The van der Waals surface area contributed by atoms with E-state index >= 15 is 0 Å². The monoisotopic (exact) mass is 369 g/mol.